The summed E-state index contributed by atoms with van der Waals surface area (Å²) >= 11 is 0. The molecule has 0 N–H and O–H groups in total. The predicted octanol–water partition coefficient (Wildman–Crippen LogP) is 10.1. The quantitative estimate of drug-likeness (QED) is 0.232. The Hall–Kier alpha value is -3.38. The molecular formula is C32H40. The minimum absolute atomic E-state index is 0. The maximum absolute atomic E-state index is 2.20. The summed E-state index contributed by atoms with van der Waals surface area (Å²) < 4.78 is 0. The van der Waals surface area contributed by atoms with Crippen LogP contribution in [0.5, 0.6) is 0 Å². The first kappa shape index (κ1) is 26.7. The third-order valence-corrected chi connectivity index (χ3v) is 5.13. The Morgan fingerprint density at radius 3 is 1.47 bits per heavy atom. The lowest BCUT2D eigenvalue weighted by Gasteiger charge is -1.98. The molecule has 0 aliphatic carbocycles. The van der Waals surface area contributed by atoms with Gasteiger partial charge in [-0.25, -0.2) is 0 Å². The van der Waals surface area contributed by atoms with Crippen LogP contribution in [0.25, 0.3) is 21.5 Å². The van der Waals surface area contributed by atoms with E-state index >= 15 is 0 Å². The van der Waals surface area contributed by atoms with Crippen molar-refractivity contribution in [3.05, 3.63) is 131 Å². The van der Waals surface area contributed by atoms with Crippen LogP contribution in [0.2, 0.25) is 0 Å². The Morgan fingerprint density at radius 1 is 0.406 bits per heavy atom. The molecule has 5 aromatic rings. The number of aryl methyl sites for hydroxylation is 4. The van der Waals surface area contributed by atoms with Crippen LogP contribution in [-0.2, 0) is 0 Å². The second-order valence-corrected chi connectivity index (χ2v) is 7.80. The average molecular weight is 425 g/mol. The molecule has 0 atom stereocenters. The van der Waals surface area contributed by atoms with Crippen LogP contribution >= 0.6 is 0 Å². The van der Waals surface area contributed by atoms with Gasteiger partial charge in [-0.05, 0) is 54.8 Å². The zero-order chi connectivity index (χ0) is 21.3. The molecule has 32 heavy (non-hydrogen) atoms. The number of hydrogen-bond donors (Lipinski definition) is 0. The molecule has 0 aliphatic rings. The highest BCUT2D eigenvalue weighted by molar-refractivity contribution is 5.85. The van der Waals surface area contributed by atoms with Gasteiger partial charge in [0.05, 0.1) is 0 Å². The molecule has 0 radical (unpaired) electrons. The summed E-state index contributed by atoms with van der Waals surface area (Å²) in [7, 11) is 0. The van der Waals surface area contributed by atoms with Gasteiger partial charge < -0.3 is 0 Å². The molecule has 0 fully saturated rings. The van der Waals surface area contributed by atoms with E-state index in [1.165, 1.54) is 43.8 Å². The minimum Gasteiger partial charge on any atom is -0.0776 e. The standard InChI is InChI=1S/2C11H10.C8H10.2CH4.H2/c1-9-5-4-7-10-6-2-3-8-11(9)10;1-9-6-7-10-4-2-3-5-11(10)8-9;1-7-3-5-8(2)6-4-7;;;/h2*2-8H,1H3;3-6H,1-2H3;2*1H4;1H. The molecule has 0 saturated carbocycles. The predicted molar refractivity (Wildman–Crippen MR) is 149 cm³/mol. The van der Waals surface area contributed by atoms with E-state index in [1.54, 1.807) is 0 Å². The SMILES string of the molecule is C.C.Cc1ccc(C)cc1.Cc1ccc2ccccc2c1.Cc1cccc2ccccc12.[HH]. The normalized spacial score (nSPS) is 9.38. The first-order valence-corrected chi connectivity index (χ1v) is 10.5. The van der Waals surface area contributed by atoms with Crippen molar-refractivity contribution in [2.75, 3.05) is 0 Å². The van der Waals surface area contributed by atoms with E-state index in [0.717, 1.165) is 0 Å². The fraction of sp³-hybridized carbons (Fsp3) is 0.188. The summed E-state index contributed by atoms with van der Waals surface area (Å²) in [6.07, 6.45) is 0. The topological polar surface area (TPSA) is 0 Å². The molecule has 0 spiro atoms. The summed E-state index contributed by atoms with van der Waals surface area (Å²) in [5.41, 5.74) is 5.33. The number of hydrogen-bond acceptors (Lipinski definition) is 0. The van der Waals surface area contributed by atoms with E-state index in [9.17, 15) is 0 Å². The third kappa shape index (κ3) is 7.71. The molecule has 0 aromatic heterocycles. The molecule has 0 bridgehead atoms. The van der Waals surface area contributed by atoms with Gasteiger partial charge >= 0.3 is 0 Å². The second kappa shape index (κ2) is 13.1. The molecule has 0 aliphatic heterocycles. The van der Waals surface area contributed by atoms with Crippen molar-refractivity contribution >= 4 is 21.5 Å². The Morgan fingerprint density at radius 2 is 0.875 bits per heavy atom. The van der Waals surface area contributed by atoms with Gasteiger partial charge in [-0.15, -0.1) is 0 Å². The van der Waals surface area contributed by atoms with E-state index in [0.29, 0.717) is 0 Å². The monoisotopic (exact) mass is 424 g/mol. The van der Waals surface area contributed by atoms with Crippen LogP contribution in [-0.4, -0.2) is 0 Å². The maximum Gasteiger partial charge on any atom is 0 e. The lowest BCUT2D eigenvalue weighted by molar-refractivity contribution is 1.40. The maximum atomic E-state index is 2.20. The highest BCUT2D eigenvalue weighted by Gasteiger charge is 1.92. The van der Waals surface area contributed by atoms with Crippen molar-refractivity contribution in [3.8, 4) is 0 Å². The fourth-order valence-corrected chi connectivity index (χ4v) is 3.33. The average Bonchev–Trinajstić information content (AvgIpc) is 2.77. The van der Waals surface area contributed by atoms with E-state index < -0.39 is 0 Å². The summed E-state index contributed by atoms with van der Waals surface area (Å²) in [4.78, 5) is 0. The van der Waals surface area contributed by atoms with Gasteiger partial charge in [-0.2, -0.15) is 0 Å². The zero-order valence-corrected chi connectivity index (χ0v) is 18.4. The van der Waals surface area contributed by atoms with Crippen LogP contribution in [0, 0.1) is 27.7 Å². The van der Waals surface area contributed by atoms with Crippen LogP contribution < -0.4 is 0 Å². The van der Waals surface area contributed by atoms with E-state index in [4.69, 9.17) is 0 Å². The second-order valence-electron chi connectivity index (χ2n) is 7.80. The molecule has 168 valence electrons. The van der Waals surface area contributed by atoms with E-state index in [1.807, 2.05) is 0 Å². The first-order chi connectivity index (χ1) is 14.5. The molecule has 5 aromatic carbocycles. The van der Waals surface area contributed by atoms with Crippen molar-refractivity contribution < 1.29 is 1.43 Å². The summed E-state index contributed by atoms with van der Waals surface area (Å²) in [5, 5.41) is 5.33. The molecule has 0 nitrogen and oxygen atoms in total. The summed E-state index contributed by atoms with van der Waals surface area (Å²) in [6.45, 7) is 8.45. The molecule has 5 rings (SSSR count). The smallest absolute Gasteiger partial charge is 0 e. The van der Waals surface area contributed by atoms with Crippen LogP contribution in [0.1, 0.15) is 38.5 Å². The van der Waals surface area contributed by atoms with Crippen molar-refractivity contribution in [2.45, 2.75) is 42.5 Å². The molecule has 0 heterocycles. The Balaban J connectivity index is 0.000000451. The van der Waals surface area contributed by atoms with Gasteiger partial charge in [-0.1, -0.05) is 141 Å². The van der Waals surface area contributed by atoms with Gasteiger partial charge in [0.25, 0.3) is 0 Å². The van der Waals surface area contributed by atoms with Gasteiger partial charge in [0, 0.05) is 1.43 Å². The van der Waals surface area contributed by atoms with Crippen molar-refractivity contribution in [2.24, 2.45) is 0 Å². The summed E-state index contributed by atoms with van der Waals surface area (Å²) in [6, 6.07) is 38.2. The molecule has 0 saturated heterocycles. The number of benzene rings is 5. The zero-order valence-electron chi connectivity index (χ0n) is 18.4. The lowest BCUT2D eigenvalue weighted by Crippen LogP contribution is -1.75. The molecule has 0 unspecified atom stereocenters. The van der Waals surface area contributed by atoms with Gasteiger partial charge in [0.1, 0.15) is 0 Å². The fourth-order valence-electron chi connectivity index (χ4n) is 3.33. The van der Waals surface area contributed by atoms with Crippen molar-refractivity contribution in [3.63, 3.8) is 0 Å². The van der Waals surface area contributed by atoms with Crippen LogP contribution in [0.15, 0.2) is 109 Å². The Bertz CT molecular complexity index is 1190. The largest absolute Gasteiger partial charge is 0.0776 e. The van der Waals surface area contributed by atoms with Crippen molar-refractivity contribution in [1.29, 1.82) is 0 Å². The van der Waals surface area contributed by atoms with Crippen LogP contribution in [0.4, 0.5) is 0 Å². The van der Waals surface area contributed by atoms with Gasteiger partial charge in [0.2, 0.25) is 0 Å². The third-order valence-electron chi connectivity index (χ3n) is 5.13. The van der Waals surface area contributed by atoms with Gasteiger partial charge in [-0.3, -0.25) is 0 Å². The molecular weight excluding hydrogens is 384 g/mol. The summed E-state index contributed by atoms with van der Waals surface area (Å²) in [5.74, 6) is 0. The van der Waals surface area contributed by atoms with E-state index in [-0.39, 0.29) is 16.3 Å². The Labute approximate surface area is 197 Å². The van der Waals surface area contributed by atoms with Crippen LogP contribution in [0.3, 0.4) is 0 Å². The molecule has 0 heteroatoms. The molecule has 0 amide bonds. The number of fused-ring (bicyclic) bond motifs is 2. The Kier molecular flexibility index (Phi) is 10.9. The highest BCUT2D eigenvalue weighted by Crippen LogP contribution is 2.16. The van der Waals surface area contributed by atoms with Gasteiger partial charge in [0.15, 0.2) is 0 Å². The van der Waals surface area contributed by atoms with E-state index in [2.05, 4.69) is 137 Å². The number of rotatable bonds is 0. The minimum atomic E-state index is 0. The lowest BCUT2D eigenvalue weighted by atomic mass is 10.1. The first-order valence-electron chi connectivity index (χ1n) is 10.5. The van der Waals surface area contributed by atoms with Crippen molar-refractivity contribution in [1.82, 2.24) is 0 Å². The highest BCUT2D eigenvalue weighted by atomic mass is 14.0.